The number of carbonyl (C=O) groups is 1. The van der Waals surface area contributed by atoms with Crippen LogP contribution in [0.5, 0.6) is 0 Å². The second kappa shape index (κ2) is 6.84. The number of nitrogens with zero attached hydrogens (tertiary/aromatic N) is 2. The molecule has 2 aromatic heterocycles. The summed E-state index contributed by atoms with van der Waals surface area (Å²) in [6, 6.07) is 7.70. The van der Waals surface area contributed by atoms with E-state index < -0.39 is 0 Å². The fourth-order valence-electron chi connectivity index (χ4n) is 3.12. The molecule has 128 valence electrons. The molecular formula is C18H18N4O2S. The lowest BCUT2D eigenvalue weighted by Crippen LogP contribution is -2.21. The Morgan fingerprint density at radius 2 is 1.96 bits per heavy atom. The van der Waals surface area contributed by atoms with Gasteiger partial charge in [0, 0.05) is 5.56 Å². The van der Waals surface area contributed by atoms with Crippen LogP contribution < -0.4 is 5.56 Å². The molecule has 0 spiro atoms. The predicted octanol–water partition coefficient (Wildman–Crippen LogP) is 2.43. The average molecular weight is 354 g/mol. The zero-order valence-corrected chi connectivity index (χ0v) is 14.5. The number of H-pyrrole nitrogens is 2. The minimum atomic E-state index is -0.0584. The number of imidazole rings is 1. The lowest BCUT2D eigenvalue weighted by molar-refractivity contribution is -0.116. The molecule has 0 bridgehead atoms. The van der Waals surface area contributed by atoms with Crippen molar-refractivity contribution in [1.29, 1.82) is 0 Å². The summed E-state index contributed by atoms with van der Waals surface area (Å²) in [4.78, 5) is 39.2. The van der Waals surface area contributed by atoms with Gasteiger partial charge in [-0.25, -0.2) is 9.97 Å². The summed E-state index contributed by atoms with van der Waals surface area (Å²) >= 11 is 1.28. The van der Waals surface area contributed by atoms with Crippen molar-refractivity contribution in [2.45, 2.75) is 37.3 Å². The van der Waals surface area contributed by atoms with Gasteiger partial charge in [0.15, 0.2) is 10.9 Å². The van der Waals surface area contributed by atoms with Crippen molar-refractivity contribution < 1.29 is 4.79 Å². The van der Waals surface area contributed by atoms with Crippen LogP contribution in [0.1, 0.15) is 29.9 Å². The van der Waals surface area contributed by atoms with E-state index in [0.29, 0.717) is 11.0 Å². The van der Waals surface area contributed by atoms with Crippen molar-refractivity contribution in [3.63, 3.8) is 0 Å². The Morgan fingerprint density at radius 1 is 1.12 bits per heavy atom. The number of thioether (sulfide) groups is 1. The molecule has 7 heteroatoms. The Balaban J connectivity index is 1.41. The third-order valence-electron chi connectivity index (χ3n) is 4.34. The van der Waals surface area contributed by atoms with Gasteiger partial charge in [-0.3, -0.25) is 9.59 Å². The highest BCUT2D eigenvalue weighted by Crippen LogP contribution is 2.19. The highest BCUT2D eigenvalue weighted by atomic mass is 32.2. The van der Waals surface area contributed by atoms with Crippen molar-refractivity contribution in [3.8, 4) is 0 Å². The number of ketones is 1. The number of benzene rings is 1. The Labute approximate surface area is 148 Å². The third kappa shape index (κ3) is 3.51. The number of nitrogens with one attached hydrogen (secondary N) is 2. The molecule has 0 atom stereocenters. The van der Waals surface area contributed by atoms with Gasteiger partial charge in [0.05, 0.1) is 28.9 Å². The molecule has 0 aliphatic heterocycles. The fourth-order valence-corrected chi connectivity index (χ4v) is 3.86. The van der Waals surface area contributed by atoms with Crippen LogP contribution in [0.15, 0.2) is 34.2 Å². The standard InChI is InChI=1S/C18H18N4O2S/c23-11(9-16-19-14-7-3-4-8-15(14)20-16)10-25-18-21-13-6-2-1-5-12(13)17(24)22-18/h3-4,7-8H,1-2,5-6,9-10H2,(H,19,20)(H,21,22,24). The van der Waals surface area contributed by atoms with Gasteiger partial charge in [-0.05, 0) is 37.8 Å². The van der Waals surface area contributed by atoms with Crippen molar-refractivity contribution in [1.82, 2.24) is 19.9 Å². The van der Waals surface area contributed by atoms with Gasteiger partial charge in [-0.15, -0.1) is 0 Å². The third-order valence-corrected chi connectivity index (χ3v) is 5.28. The number of para-hydroxylation sites is 2. The molecule has 4 rings (SSSR count). The maximum atomic E-state index is 12.2. The average Bonchev–Trinajstić information content (AvgIpc) is 3.02. The summed E-state index contributed by atoms with van der Waals surface area (Å²) in [7, 11) is 0. The number of carbonyl (C=O) groups excluding carboxylic acids is 1. The van der Waals surface area contributed by atoms with Crippen molar-refractivity contribution in [2.75, 3.05) is 5.75 Å². The van der Waals surface area contributed by atoms with E-state index in [4.69, 9.17) is 0 Å². The molecule has 1 aromatic carbocycles. The molecule has 25 heavy (non-hydrogen) atoms. The zero-order valence-electron chi connectivity index (χ0n) is 13.7. The monoisotopic (exact) mass is 354 g/mol. The van der Waals surface area contributed by atoms with E-state index in [2.05, 4.69) is 19.9 Å². The van der Waals surface area contributed by atoms with Crippen LogP contribution >= 0.6 is 11.8 Å². The van der Waals surface area contributed by atoms with Gasteiger partial charge in [0.1, 0.15) is 5.82 Å². The fraction of sp³-hybridized carbons (Fsp3) is 0.333. The number of rotatable bonds is 5. The van der Waals surface area contributed by atoms with E-state index >= 15 is 0 Å². The van der Waals surface area contributed by atoms with Gasteiger partial charge in [-0.2, -0.15) is 0 Å². The predicted molar refractivity (Wildman–Crippen MR) is 97.0 cm³/mol. The summed E-state index contributed by atoms with van der Waals surface area (Å²) in [6.45, 7) is 0. The second-order valence-electron chi connectivity index (χ2n) is 6.21. The quantitative estimate of drug-likeness (QED) is 0.542. The molecule has 2 heterocycles. The Kier molecular flexibility index (Phi) is 4.40. The molecule has 3 aromatic rings. The molecule has 1 aliphatic carbocycles. The SMILES string of the molecule is O=C(CSc1nc2c(c(=O)[nH]1)CCCC2)Cc1nc2ccccc2[nH]1. The normalized spacial score (nSPS) is 13.8. The highest BCUT2D eigenvalue weighted by Gasteiger charge is 2.16. The lowest BCUT2D eigenvalue weighted by Gasteiger charge is -2.14. The van der Waals surface area contributed by atoms with Crippen LogP contribution in [-0.2, 0) is 24.1 Å². The molecule has 0 saturated carbocycles. The number of Topliss-reactive ketones (excluding diaryl/α,β-unsaturated/α-hetero) is 1. The first-order valence-corrected chi connectivity index (χ1v) is 9.38. The minimum Gasteiger partial charge on any atom is -0.342 e. The van der Waals surface area contributed by atoms with Crippen LogP contribution in [0, 0.1) is 0 Å². The highest BCUT2D eigenvalue weighted by molar-refractivity contribution is 7.99. The van der Waals surface area contributed by atoms with Gasteiger partial charge in [0.2, 0.25) is 0 Å². The Hall–Kier alpha value is -2.41. The summed E-state index contributed by atoms with van der Waals surface area (Å²) in [5, 5.41) is 0.531. The lowest BCUT2D eigenvalue weighted by atomic mass is 9.97. The van der Waals surface area contributed by atoms with Crippen molar-refractivity contribution in [2.24, 2.45) is 0 Å². The topological polar surface area (TPSA) is 91.5 Å². The molecule has 0 fully saturated rings. The van der Waals surface area contributed by atoms with Crippen LogP contribution in [0.3, 0.4) is 0 Å². The first-order chi connectivity index (χ1) is 12.2. The van der Waals surface area contributed by atoms with Crippen molar-refractivity contribution >= 4 is 28.6 Å². The number of hydrogen-bond donors (Lipinski definition) is 2. The molecule has 2 N–H and O–H groups in total. The zero-order chi connectivity index (χ0) is 17.2. The van der Waals surface area contributed by atoms with Crippen molar-refractivity contribution in [3.05, 3.63) is 51.7 Å². The number of hydrogen-bond acceptors (Lipinski definition) is 5. The van der Waals surface area contributed by atoms with Crippen LogP contribution in [-0.4, -0.2) is 31.5 Å². The molecule has 0 amide bonds. The Bertz CT molecular complexity index is 959. The summed E-state index contributed by atoms with van der Waals surface area (Å²) in [6.07, 6.45) is 4.00. The molecular weight excluding hydrogens is 336 g/mol. The Morgan fingerprint density at radius 3 is 2.84 bits per heavy atom. The molecule has 6 nitrogen and oxygen atoms in total. The number of aromatic nitrogens is 4. The van der Waals surface area contributed by atoms with Gasteiger partial charge >= 0.3 is 0 Å². The van der Waals surface area contributed by atoms with Crippen LogP contribution in [0.2, 0.25) is 0 Å². The van der Waals surface area contributed by atoms with Gasteiger partial charge in [0.25, 0.3) is 5.56 Å². The summed E-state index contributed by atoms with van der Waals surface area (Å²) in [5.74, 6) is 0.974. The number of aryl methyl sites for hydroxylation is 1. The largest absolute Gasteiger partial charge is 0.342 e. The first-order valence-electron chi connectivity index (χ1n) is 8.39. The van der Waals surface area contributed by atoms with E-state index in [0.717, 1.165) is 48.0 Å². The summed E-state index contributed by atoms with van der Waals surface area (Å²) < 4.78 is 0. The molecule has 0 saturated heterocycles. The van der Waals surface area contributed by atoms with E-state index in [9.17, 15) is 9.59 Å². The summed E-state index contributed by atoms with van der Waals surface area (Å²) in [5.41, 5.74) is 3.43. The van der Waals surface area contributed by atoms with Gasteiger partial charge in [-0.1, -0.05) is 23.9 Å². The first kappa shape index (κ1) is 16.1. The minimum absolute atomic E-state index is 0.0458. The maximum absolute atomic E-state index is 12.2. The van der Waals surface area contributed by atoms with E-state index in [1.54, 1.807) is 0 Å². The molecule has 0 radical (unpaired) electrons. The smallest absolute Gasteiger partial charge is 0.254 e. The van der Waals surface area contributed by atoms with Gasteiger partial charge < -0.3 is 9.97 Å². The second-order valence-corrected chi connectivity index (χ2v) is 7.17. The van der Waals surface area contributed by atoms with E-state index in [1.807, 2.05) is 24.3 Å². The number of aromatic amines is 2. The van der Waals surface area contributed by atoms with Crippen LogP contribution in [0.4, 0.5) is 0 Å². The molecule has 0 unspecified atom stereocenters. The van der Waals surface area contributed by atoms with Crippen LogP contribution in [0.25, 0.3) is 11.0 Å². The maximum Gasteiger partial charge on any atom is 0.254 e. The van der Waals surface area contributed by atoms with E-state index in [1.165, 1.54) is 11.8 Å². The van der Waals surface area contributed by atoms with E-state index in [-0.39, 0.29) is 23.5 Å². The molecule has 1 aliphatic rings. The number of fused-ring (bicyclic) bond motifs is 2.